The summed E-state index contributed by atoms with van der Waals surface area (Å²) in [5, 5.41) is 7.05. The highest BCUT2D eigenvalue weighted by Gasteiger charge is 2.34. The smallest absolute Gasteiger partial charge is 0.354 e. The monoisotopic (exact) mass is 230 g/mol. The molecular weight excluding hydrogens is 222 g/mol. The molecule has 0 amide bonds. The molecule has 8 heteroatoms. The van der Waals surface area contributed by atoms with Crippen molar-refractivity contribution in [2.24, 2.45) is 0 Å². The van der Waals surface area contributed by atoms with Crippen LogP contribution in [0.4, 0.5) is 8.78 Å². The van der Waals surface area contributed by atoms with E-state index in [-0.39, 0.29) is 5.57 Å². The maximum absolute atomic E-state index is 12.6. The van der Waals surface area contributed by atoms with Crippen molar-refractivity contribution in [3.8, 4) is 0 Å². The zero-order valence-electron chi connectivity index (χ0n) is 7.16. The van der Waals surface area contributed by atoms with Crippen molar-refractivity contribution >= 4 is 18.0 Å². The molecule has 0 saturated heterocycles. The predicted molar refractivity (Wildman–Crippen MR) is 43.1 cm³/mol. The van der Waals surface area contributed by atoms with Crippen molar-refractivity contribution in [2.45, 2.75) is 12.2 Å². The molecule has 0 aromatic rings. The number of carbonyl (C=O) groups excluding carboxylic acids is 1. The average Bonchev–Trinajstić information content (AvgIpc) is 2.11. The summed E-state index contributed by atoms with van der Waals surface area (Å²) in [5.41, 5.74) is 0.00475. The van der Waals surface area contributed by atoms with E-state index in [0.29, 0.717) is 0 Å². The molecule has 0 rings (SSSR count). The van der Waals surface area contributed by atoms with Crippen molar-refractivity contribution in [1.82, 2.24) is 0 Å². The minimum atomic E-state index is -3.51. The first-order valence-corrected chi connectivity index (χ1v) is 3.99. The molecule has 0 fully saturated rings. The number of esters is 1. The lowest BCUT2D eigenvalue weighted by Gasteiger charge is -2.12. The van der Waals surface area contributed by atoms with Crippen LogP contribution in [-0.4, -0.2) is 23.1 Å². The molecule has 14 heavy (non-hydrogen) atoms. The Bertz CT molecular complexity index is 220. The van der Waals surface area contributed by atoms with Crippen LogP contribution in [-0.2, 0) is 18.9 Å². The first-order chi connectivity index (χ1) is 6.39. The summed E-state index contributed by atoms with van der Waals surface area (Å²) in [6, 6.07) is 0. The normalized spacial score (nSPS) is 11.1. The van der Waals surface area contributed by atoms with Gasteiger partial charge < -0.3 is 4.74 Å². The zero-order chi connectivity index (χ0) is 11.2. The molecule has 0 aliphatic carbocycles. The van der Waals surface area contributed by atoms with Gasteiger partial charge in [-0.25, -0.2) is 10.1 Å². The first kappa shape index (κ1) is 13.3. The van der Waals surface area contributed by atoms with E-state index in [9.17, 15) is 13.6 Å². The summed E-state index contributed by atoms with van der Waals surface area (Å²) in [7, 11) is 0. The quantitative estimate of drug-likeness (QED) is 0.246. The van der Waals surface area contributed by atoms with Gasteiger partial charge in [-0.1, -0.05) is 11.6 Å². The van der Waals surface area contributed by atoms with E-state index in [1.54, 1.807) is 0 Å². The second-order valence-electron chi connectivity index (χ2n) is 2.22. The summed E-state index contributed by atoms with van der Waals surface area (Å²) in [4.78, 5) is 10.7. The van der Waals surface area contributed by atoms with Gasteiger partial charge in [0.1, 0.15) is 12.0 Å². The molecule has 82 valence electrons. The molecule has 0 unspecified atom stereocenters. The third-order valence-corrected chi connectivity index (χ3v) is 1.40. The van der Waals surface area contributed by atoms with E-state index in [1.807, 2.05) is 0 Å². The first-order valence-electron chi connectivity index (χ1n) is 3.25. The summed E-state index contributed by atoms with van der Waals surface area (Å²) in [6.07, 6.45) is 0. The fraction of sp³-hybridized carbons (Fsp3) is 0.500. The SMILES string of the molecule is C=C(C)C(=O)OCC(F)(F)SOOO. The number of hydrogen-bond acceptors (Lipinski definition) is 6. The van der Waals surface area contributed by atoms with Gasteiger partial charge in [-0.3, -0.25) is 0 Å². The molecule has 0 aliphatic heterocycles. The highest BCUT2D eigenvalue weighted by molar-refractivity contribution is 7.95. The van der Waals surface area contributed by atoms with E-state index < -0.39 is 29.9 Å². The highest BCUT2D eigenvalue weighted by Crippen LogP contribution is 2.30. The van der Waals surface area contributed by atoms with Crippen LogP contribution in [0.1, 0.15) is 6.92 Å². The van der Waals surface area contributed by atoms with Gasteiger partial charge in [0.2, 0.25) is 0 Å². The number of rotatable bonds is 6. The third-order valence-electron chi connectivity index (χ3n) is 0.906. The molecular formula is C6H8F2O5S. The number of carbonyl (C=O) groups is 1. The lowest BCUT2D eigenvalue weighted by molar-refractivity contribution is -0.433. The molecule has 0 aromatic carbocycles. The highest BCUT2D eigenvalue weighted by atomic mass is 32.2. The Balaban J connectivity index is 3.86. The Labute approximate surface area is 82.7 Å². The van der Waals surface area contributed by atoms with Crippen LogP contribution in [0.2, 0.25) is 0 Å². The average molecular weight is 230 g/mol. The Morgan fingerprint density at radius 2 is 2.21 bits per heavy atom. The van der Waals surface area contributed by atoms with Crippen LogP contribution < -0.4 is 0 Å². The molecule has 0 heterocycles. The maximum atomic E-state index is 12.6. The Kier molecular flexibility index (Phi) is 5.62. The van der Waals surface area contributed by atoms with Crippen LogP contribution in [0.25, 0.3) is 0 Å². The second-order valence-corrected chi connectivity index (χ2v) is 3.12. The van der Waals surface area contributed by atoms with E-state index in [4.69, 9.17) is 5.26 Å². The minimum Gasteiger partial charge on any atom is -0.455 e. The Morgan fingerprint density at radius 1 is 1.64 bits per heavy atom. The number of alkyl halides is 2. The standard InChI is InChI=1S/C6H8F2O5S/c1-4(2)5(9)11-3-6(7,8)14-13-12-10/h10H,1,3H2,2H3. The van der Waals surface area contributed by atoms with Gasteiger partial charge in [0, 0.05) is 5.57 Å². The maximum Gasteiger partial charge on any atom is 0.354 e. The van der Waals surface area contributed by atoms with Gasteiger partial charge in [-0.2, -0.15) is 8.78 Å². The van der Waals surface area contributed by atoms with Gasteiger partial charge >= 0.3 is 11.2 Å². The van der Waals surface area contributed by atoms with Crippen LogP contribution >= 0.6 is 12.0 Å². The fourth-order valence-electron chi connectivity index (χ4n) is 0.362. The van der Waals surface area contributed by atoms with E-state index in [0.717, 1.165) is 0 Å². The van der Waals surface area contributed by atoms with Crippen LogP contribution in [0.15, 0.2) is 12.2 Å². The summed E-state index contributed by atoms with van der Waals surface area (Å²) in [5.74, 6) is -0.935. The van der Waals surface area contributed by atoms with Gasteiger partial charge in [0.05, 0.1) is 0 Å². The Hall–Kier alpha value is -0.700. The van der Waals surface area contributed by atoms with Crippen LogP contribution in [0.5, 0.6) is 0 Å². The second kappa shape index (κ2) is 5.91. The number of hydrogen-bond donors (Lipinski definition) is 1. The largest absolute Gasteiger partial charge is 0.455 e. The summed E-state index contributed by atoms with van der Waals surface area (Å²) < 4.78 is 32.8. The van der Waals surface area contributed by atoms with Gasteiger partial charge in [0.25, 0.3) is 0 Å². The predicted octanol–water partition coefficient (Wildman–Crippen LogP) is 1.77. The van der Waals surface area contributed by atoms with Crippen LogP contribution in [0.3, 0.4) is 0 Å². The fourth-order valence-corrected chi connectivity index (χ4v) is 0.599. The Morgan fingerprint density at radius 3 is 2.64 bits per heavy atom. The molecule has 0 bridgehead atoms. The molecule has 0 radical (unpaired) electrons. The van der Waals surface area contributed by atoms with Crippen molar-refractivity contribution in [3.05, 3.63) is 12.2 Å². The molecule has 0 atom stereocenters. The summed E-state index contributed by atoms with van der Waals surface area (Å²) >= 11 is -0.480. The lowest BCUT2D eigenvalue weighted by atomic mass is 10.4. The van der Waals surface area contributed by atoms with Gasteiger partial charge in [-0.05, 0) is 6.92 Å². The molecule has 0 spiro atoms. The molecule has 0 aromatic heterocycles. The third kappa shape index (κ3) is 5.86. The van der Waals surface area contributed by atoms with Crippen molar-refractivity contribution < 1.29 is 32.9 Å². The van der Waals surface area contributed by atoms with E-state index >= 15 is 0 Å². The zero-order valence-corrected chi connectivity index (χ0v) is 7.98. The van der Waals surface area contributed by atoms with Crippen LogP contribution in [0, 0.1) is 0 Å². The minimum absolute atomic E-state index is 0.00475. The van der Waals surface area contributed by atoms with Gasteiger partial charge in [0.15, 0.2) is 6.61 Å². The van der Waals surface area contributed by atoms with Gasteiger partial charge in [-0.15, -0.1) is 4.33 Å². The molecule has 5 nitrogen and oxygen atoms in total. The van der Waals surface area contributed by atoms with Crippen molar-refractivity contribution in [2.75, 3.05) is 6.61 Å². The van der Waals surface area contributed by atoms with E-state index in [1.165, 1.54) is 6.92 Å². The number of halogens is 2. The number of ether oxygens (including phenoxy) is 1. The lowest BCUT2D eigenvalue weighted by Crippen LogP contribution is -2.22. The van der Waals surface area contributed by atoms with Crippen molar-refractivity contribution in [1.29, 1.82) is 0 Å². The molecule has 1 N–H and O–H groups in total. The van der Waals surface area contributed by atoms with E-state index in [2.05, 4.69) is 20.7 Å². The van der Waals surface area contributed by atoms with Crippen molar-refractivity contribution in [3.63, 3.8) is 0 Å². The molecule has 0 saturated carbocycles. The topological polar surface area (TPSA) is 65.0 Å². The summed E-state index contributed by atoms with van der Waals surface area (Å²) in [6.45, 7) is 3.31. The molecule has 0 aliphatic rings.